The molecule has 1 aliphatic rings. The van der Waals surface area contributed by atoms with Gasteiger partial charge in [-0.1, -0.05) is 25.0 Å². The molecule has 1 aliphatic carbocycles. The molecule has 1 aromatic carbocycles. The second kappa shape index (κ2) is 6.50. The third-order valence-electron chi connectivity index (χ3n) is 2.98. The van der Waals surface area contributed by atoms with Crippen LogP contribution in [0.1, 0.15) is 25.7 Å². The van der Waals surface area contributed by atoms with E-state index in [9.17, 15) is 0 Å². The number of benzene rings is 1. The maximum Gasteiger partial charge on any atom is 0.142 e. The Morgan fingerprint density at radius 2 is 1.94 bits per heavy atom. The van der Waals surface area contributed by atoms with Gasteiger partial charge >= 0.3 is 0 Å². The summed E-state index contributed by atoms with van der Waals surface area (Å²) in [5.41, 5.74) is 6.46. The highest BCUT2D eigenvalue weighted by molar-refractivity contribution is 5.51. The first-order valence-electron chi connectivity index (χ1n) is 6.41. The summed E-state index contributed by atoms with van der Waals surface area (Å²) in [4.78, 5) is 0. The highest BCUT2D eigenvalue weighted by Gasteiger charge is 2.20. The van der Waals surface area contributed by atoms with Crippen molar-refractivity contribution in [3.05, 3.63) is 24.3 Å². The average molecular weight is 235 g/mol. The molecule has 0 atom stereocenters. The molecule has 3 nitrogen and oxygen atoms in total. The summed E-state index contributed by atoms with van der Waals surface area (Å²) < 4.78 is 11.1. The van der Waals surface area contributed by atoms with Crippen molar-refractivity contribution in [2.24, 2.45) is 5.92 Å². The second-order valence-electron chi connectivity index (χ2n) is 4.58. The monoisotopic (exact) mass is 235 g/mol. The molecule has 1 fully saturated rings. The minimum Gasteiger partial charge on any atom is -0.491 e. The third kappa shape index (κ3) is 4.65. The van der Waals surface area contributed by atoms with E-state index in [-0.39, 0.29) is 0 Å². The van der Waals surface area contributed by atoms with Crippen molar-refractivity contribution < 1.29 is 9.47 Å². The van der Waals surface area contributed by atoms with Gasteiger partial charge in [0.25, 0.3) is 0 Å². The number of ether oxygens (including phenoxy) is 2. The zero-order valence-corrected chi connectivity index (χ0v) is 10.2. The lowest BCUT2D eigenvalue weighted by Crippen LogP contribution is -2.05. The molecule has 0 bridgehead atoms. The molecule has 94 valence electrons. The third-order valence-corrected chi connectivity index (χ3v) is 2.98. The first kappa shape index (κ1) is 12.2. The van der Waals surface area contributed by atoms with E-state index in [1.807, 2.05) is 24.3 Å². The van der Waals surface area contributed by atoms with Gasteiger partial charge in [0.2, 0.25) is 0 Å². The molecule has 0 radical (unpaired) electrons. The first-order valence-corrected chi connectivity index (χ1v) is 6.41. The Kier molecular flexibility index (Phi) is 4.68. The Labute approximate surface area is 103 Å². The van der Waals surface area contributed by atoms with Crippen LogP contribution in [0.25, 0.3) is 0 Å². The first-order chi connectivity index (χ1) is 8.36. The van der Waals surface area contributed by atoms with Gasteiger partial charge in [-0.2, -0.15) is 0 Å². The van der Waals surface area contributed by atoms with E-state index in [0.717, 1.165) is 31.3 Å². The van der Waals surface area contributed by atoms with Crippen LogP contribution in [0.5, 0.6) is 5.75 Å². The van der Waals surface area contributed by atoms with Gasteiger partial charge in [-0.15, -0.1) is 0 Å². The van der Waals surface area contributed by atoms with Crippen molar-refractivity contribution in [2.75, 3.05) is 25.6 Å². The molecule has 1 saturated carbocycles. The van der Waals surface area contributed by atoms with E-state index in [4.69, 9.17) is 15.2 Å². The molecule has 0 unspecified atom stereocenters. The van der Waals surface area contributed by atoms with Crippen molar-refractivity contribution in [1.82, 2.24) is 0 Å². The van der Waals surface area contributed by atoms with Crippen LogP contribution in [0.15, 0.2) is 24.3 Å². The predicted octanol–water partition coefficient (Wildman–Crippen LogP) is 2.85. The van der Waals surface area contributed by atoms with Crippen molar-refractivity contribution in [3.8, 4) is 5.75 Å². The number of hydrogen-bond acceptors (Lipinski definition) is 3. The molecule has 3 heteroatoms. The zero-order chi connectivity index (χ0) is 11.9. The molecule has 0 aromatic heterocycles. The average Bonchev–Trinajstić information content (AvgIpc) is 3.14. The minimum absolute atomic E-state index is 0.664. The number of nitrogens with two attached hydrogens (primary N) is 1. The molecular formula is C14H21NO2. The maximum absolute atomic E-state index is 5.77. The molecule has 0 heterocycles. The van der Waals surface area contributed by atoms with Crippen molar-refractivity contribution in [2.45, 2.75) is 25.7 Å². The molecule has 0 amide bonds. The Hall–Kier alpha value is -1.22. The Morgan fingerprint density at radius 1 is 1.12 bits per heavy atom. The molecule has 17 heavy (non-hydrogen) atoms. The van der Waals surface area contributed by atoms with Crippen molar-refractivity contribution in [3.63, 3.8) is 0 Å². The van der Waals surface area contributed by atoms with E-state index in [0.29, 0.717) is 12.3 Å². The summed E-state index contributed by atoms with van der Waals surface area (Å²) >= 11 is 0. The molecule has 0 saturated heterocycles. The fourth-order valence-electron chi connectivity index (χ4n) is 1.71. The van der Waals surface area contributed by atoms with Crippen LogP contribution in [0.4, 0.5) is 5.69 Å². The molecule has 1 aromatic rings. The van der Waals surface area contributed by atoms with E-state index in [1.54, 1.807) is 0 Å². The Morgan fingerprint density at radius 3 is 2.71 bits per heavy atom. The predicted molar refractivity (Wildman–Crippen MR) is 69.1 cm³/mol. The topological polar surface area (TPSA) is 44.5 Å². The normalized spacial score (nSPS) is 14.8. The Balaban J connectivity index is 1.49. The highest BCUT2D eigenvalue weighted by atomic mass is 16.5. The van der Waals surface area contributed by atoms with Crippen LogP contribution in [-0.2, 0) is 4.74 Å². The molecule has 2 rings (SSSR count). The molecule has 0 spiro atoms. The van der Waals surface area contributed by atoms with Gasteiger partial charge in [0, 0.05) is 19.6 Å². The maximum atomic E-state index is 5.77. The van der Waals surface area contributed by atoms with Crippen molar-refractivity contribution >= 4 is 5.69 Å². The number of nitrogen functional groups attached to an aromatic ring is 1. The number of anilines is 1. The number of para-hydroxylation sites is 2. The summed E-state index contributed by atoms with van der Waals surface area (Å²) in [6.07, 6.45) is 4.95. The summed E-state index contributed by atoms with van der Waals surface area (Å²) in [6.45, 7) is 2.34. The van der Waals surface area contributed by atoms with Crippen LogP contribution in [0.3, 0.4) is 0 Å². The largest absolute Gasteiger partial charge is 0.491 e. The minimum atomic E-state index is 0.664. The van der Waals surface area contributed by atoms with E-state index < -0.39 is 0 Å². The molecule has 2 N–H and O–H groups in total. The lowest BCUT2D eigenvalue weighted by atomic mass is 10.3. The summed E-state index contributed by atoms with van der Waals surface area (Å²) in [5.74, 6) is 1.72. The van der Waals surface area contributed by atoms with Gasteiger partial charge in [0.1, 0.15) is 5.75 Å². The quantitative estimate of drug-likeness (QED) is 0.556. The van der Waals surface area contributed by atoms with Crippen LogP contribution in [0, 0.1) is 5.92 Å². The Bertz CT molecular complexity index is 337. The van der Waals surface area contributed by atoms with Gasteiger partial charge in [-0.3, -0.25) is 0 Å². The zero-order valence-electron chi connectivity index (χ0n) is 10.2. The smallest absolute Gasteiger partial charge is 0.142 e. The lowest BCUT2D eigenvalue weighted by Gasteiger charge is -2.08. The number of hydrogen-bond donors (Lipinski definition) is 1. The summed E-state index contributed by atoms with van der Waals surface area (Å²) in [5, 5.41) is 0. The van der Waals surface area contributed by atoms with E-state index in [1.165, 1.54) is 19.3 Å². The fraction of sp³-hybridized carbons (Fsp3) is 0.571. The van der Waals surface area contributed by atoms with Crippen LogP contribution in [0.2, 0.25) is 0 Å². The van der Waals surface area contributed by atoms with Gasteiger partial charge in [-0.05, 0) is 24.5 Å². The molecule has 0 aliphatic heterocycles. The van der Waals surface area contributed by atoms with Crippen LogP contribution in [-0.4, -0.2) is 19.8 Å². The van der Waals surface area contributed by atoms with Crippen LogP contribution >= 0.6 is 0 Å². The fourth-order valence-corrected chi connectivity index (χ4v) is 1.71. The number of rotatable bonds is 8. The second-order valence-corrected chi connectivity index (χ2v) is 4.58. The van der Waals surface area contributed by atoms with Crippen LogP contribution < -0.4 is 10.5 Å². The van der Waals surface area contributed by atoms with E-state index in [2.05, 4.69) is 0 Å². The summed E-state index contributed by atoms with van der Waals surface area (Å²) in [7, 11) is 0. The van der Waals surface area contributed by atoms with Gasteiger partial charge in [0.15, 0.2) is 0 Å². The SMILES string of the molecule is Nc1ccccc1OCCCOCCC1CC1. The molecular weight excluding hydrogens is 214 g/mol. The van der Waals surface area contributed by atoms with Gasteiger partial charge < -0.3 is 15.2 Å². The van der Waals surface area contributed by atoms with Crippen molar-refractivity contribution in [1.29, 1.82) is 0 Å². The van der Waals surface area contributed by atoms with E-state index >= 15 is 0 Å². The summed E-state index contributed by atoms with van der Waals surface area (Å²) in [6, 6.07) is 7.58. The van der Waals surface area contributed by atoms with Gasteiger partial charge in [-0.25, -0.2) is 0 Å². The lowest BCUT2D eigenvalue weighted by molar-refractivity contribution is 0.114. The van der Waals surface area contributed by atoms with Gasteiger partial charge in [0.05, 0.1) is 12.3 Å². The standard InChI is InChI=1S/C14H21NO2/c15-13-4-1-2-5-14(13)17-10-3-9-16-11-8-12-6-7-12/h1-2,4-5,12H,3,6-11,15H2. The highest BCUT2D eigenvalue weighted by Crippen LogP contribution is 2.32.